The molecule has 0 spiro atoms. The van der Waals surface area contributed by atoms with Crippen LogP contribution in [-0.2, 0) is 16.0 Å². The van der Waals surface area contributed by atoms with Crippen molar-refractivity contribution in [2.45, 2.75) is 11.7 Å². The lowest BCUT2D eigenvalue weighted by Crippen LogP contribution is -2.30. The van der Waals surface area contributed by atoms with Crippen LogP contribution in [0.4, 0.5) is 15.8 Å². The van der Waals surface area contributed by atoms with Gasteiger partial charge in [0.25, 0.3) is 5.91 Å². The summed E-state index contributed by atoms with van der Waals surface area (Å²) in [6, 6.07) is 30.1. The second-order valence-corrected chi connectivity index (χ2v) is 9.41. The molecule has 0 saturated carbocycles. The van der Waals surface area contributed by atoms with Crippen LogP contribution in [0, 0.1) is 17.1 Å². The molecule has 1 heterocycles. The monoisotopic (exact) mass is 493 g/mol. The molecule has 4 aromatic rings. The van der Waals surface area contributed by atoms with Gasteiger partial charge in [-0.15, -0.1) is 0 Å². The highest BCUT2D eigenvalue weighted by atomic mass is 32.2. The summed E-state index contributed by atoms with van der Waals surface area (Å²) < 4.78 is 13.4. The molecule has 0 aliphatic carbocycles. The Balaban J connectivity index is 1.52. The number of nitrogens with zero attached hydrogens (tertiary/aromatic N) is 2. The highest BCUT2D eigenvalue weighted by Crippen LogP contribution is 2.42. The van der Waals surface area contributed by atoms with Crippen molar-refractivity contribution in [2.75, 3.05) is 10.2 Å². The van der Waals surface area contributed by atoms with E-state index in [1.54, 1.807) is 42.5 Å². The number of hydrogen-bond acceptors (Lipinski definition) is 4. The molecule has 1 fully saturated rings. The van der Waals surface area contributed by atoms with Crippen LogP contribution in [-0.4, -0.2) is 17.1 Å². The molecule has 7 heteroatoms. The highest BCUT2D eigenvalue weighted by molar-refractivity contribution is 8.05. The lowest BCUT2D eigenvalue weighted by Gasteiger charge is -2.18. The van der Waals surface area contributed by atoms with Gasteiger partial charge in [0.1, 0.15) is 22.5 Å². The van der Waals surface area contributed by atoms with Gasteiger partial charge in [-0.3, -0.25) is 14.5 Å². The van der Waals surface area contributed by atoms with Crippen molar-refractivity contribution in [1.82, 2.24) is 0 Å². The van der Waals surface area contributed by atoms with E-state index in [0.29, 0.717) is 17.8 Å². The summed E-state index contributed by atoms with van der Waals surface area (Å²) in [4.78, 5) is 28.3. The van der Waals surface area contributed by atoms with Gasteiger partial charge in [-0.1, -0.05) is 78.5 Å². The van der Waals surface area contributed by atoms with Crippen molar-refractivity contribution < 1.29 is 14.0 Å². The molecule has 1 atom stereocenters. The number of carbonyl (C=O) groups excluding carboxylic acids is 2. The summed E-state index contributed by atoms with van der Waals surface area (Å²) in [6.45, 7) is 0. The SMILES string of the molecule is N#C/C(C(=O)Nc1cccc2ccccc12)=C1/SC(Cc2ccc(F)cc2)C(=O)N1c1ccccc1. The Labute approximate surface area is 211 Å². The van der Waals surface area contributed by atoms with Crippen molar-refractivity contribution in [1.29, 1.82) is 5.26 Å². The van der Waals surface area contributed by atoms with E-state index in [0.717, 1.165) is 16.3 Å². The Morgan fingerprint density at radius 3 is 2.39 bits per heavy atom. The van der Waals surface area contributed by atoms with E-state index in [1.807, 2.05) is 48.5 Å². The van der Waals surface area contributed by atoms with Gasteiger partial charge < -0.3 is 5.32 Å². The number of para-hydroxylation sites is 1. The smallest absolute Gasteiger partial charge is 0.269 e. The second kappa shape index (κ2) is 10.1. The topological polar surface area (TPSA) is 73.2 Å². The molecule has 0 radical (unpaired) electrons. The number of benzene rings is 4. The third kappa shape index (κ3) is 4.59. The molecule has 1 saturated heterocycles. The van der Waals surface area contributed by atoms with Gasteiger partial charge in [0.15, 0.2) is 0 Å². The maximum Gasteiger partial charge on any atom is 0.269 e. The van der Waals surface area contributed by atoms with E-state index >= 15 is 0 Å². The van der Waals surface area contributed by atoms with Gasteiger partial charge in [0, 0.05) is 16.8 Å². The number of amides is 2. The fourth-order valence-corrected chi connectivity index (χ4v) is 5.46. The Morgan fingerprint density at radius 1 is 0.944 bits per heavy atom. The van der Waals surface area contributed by atoms with Crippen LogP contribution >= 0.6 is 11.8 Å². The number of carbonyl (C=O) groups is 2. The summed E-state index contributed by atoms with van der Waals surface area (Å²) >= 11 is 1.17. The molecule has 4 aromatic carbocycles. The number of nitrogens with one attached hydrogen (secondary N) is 1. The van der Waals surface area contributed by atoms with Crippen LogP contribution in [0.15, 0.2) is 108 Å². The van der Waals surface area contributed by atoms with Crippen LogP contribution in [0.1, 0.15) is 5.56 Å². The molecule has 1 N–H and O–H groups in total. The summed E-state index contributed by atoms with van der Waals surface area (Å²) in [7, 11) is 0. The zero-order valence-electron chi connectivity index (χ0n) is 19.0. The van der Waals surface area contributed by atoms with Crippen molar-refractivity contribution >= 4 is 45.7 Å². The third-order valence-corrected chi connectivity index (χ3v) is 7.15. The van der Waals surface area contributed by atoms with Crippen molar-refractivity contribution in [3.05, 3.63) is 119 Å². The second-order valence-electron chi connectivity index (χ2n) is 8.22. The molecule has 0 bridgehead atoms. The maximum atomic E-state index is 13.5. The first kappa shape index (κ1) is 23.3. The number of halogens is 1. The molecule has 5 nitrogen and oxygen atoms in total. The Morgan fingerprint density at radius 2 is 1.64 bits per heavy atom. The molecular weight excluding hydrogens is 473 g/mol. The first-order valence-electron chi connectivity index (χ1n) is 11.3. The largest absolute Gasteiger partial charge is 0.321 e. The predicted octanol–water partition coefficient (Wildman–Crippen LogP) is 6.04. The minimum atomic E-state index is -0.590. The molecule has 1 aliphatic rings. The molecule has 36 heavy (non-hydrogen) atoms. The molecule has 176 valence electrons. The number of thioether (sulfide) groups is 1. The van der Waals surface area contributed by atoms with Crippen molar-refractivity contribution in [2.24, 2.45) is 0 Å². The van der Waals surface area contributed by atoms with Gasteiger partial charge in [0.05, 0.1) is 5.25 Å². The Kier molecular flexibility index (Phi) is 6.52. The molecule has 2 amide bonds. The van der Waals surface area contributed by atoms with Crippen LogP contribution in [0.5, 0.6) is 0 Å². The van der Waals surface area contributed by atoms with E-state index in [9.17, 15) is 19.2 Å². The average Bonchev–Trinajstić information content (AvgIpc) is 3.21. The van der Waals surface area contributed by atoms with Crippen LogP contribution < -0.4 is 10.2 Å². The van der Waals surface area contributed by atoms with E-state index in [2.05, 4.69) is 5.32 Å². The minimum absolute atomic E-state index is 0.147. The minimum Gasteiger partial charge on any atom is -0.321 e. The first-order valence-corrected chi connectivity index (χ1v) is 12.2. The maximum absolute atomic E-state index is 13.5. The predicted molar refractivity (Wildman–Crippen MR) is 141 cm³/mol. The van der Waals surface area contributed by atoms with Crippen molar-refractivity contribution in [3.63, 3.8) is 0 Å². The van der Waals surface area contributed by atoms with E-state index in [1.165, 1.54) is 28.8 Å². The number of fused-ring (bicyclic) bond motifs is 1. The van der Waals surface area contributed by atoms with Gasteiger partial charge in [-0.2, -0.15) is 5.26 Å². The molecule has 0 aromatic heterocycles. The number of nitriles is 1. The normalized spacial score (nSPS) is 16.6. The van der Waals surface area contributed by atoms with Gasteiger partial charge in [0.2, 0.25) is 5.91 Å². The van der Waals surface area contributed by atoms with Crippen LogP contribution in [0.25, 0.3) is 10.8 Å². The highest BCUT2D eigenvalue weighted by Gasteiger charge is 2.40. The van der Waals surface area contributed by atoms with Crippen LogP contribution in [0.3, 0.4) is 0 Å². The summed E-state index contributed by atoms with van der Waals surface area (Å²) in [6.07, 6.45) is 0.334. The van der Waals surface area contributed by atoms with E-state index in [-0.39, 0.29) is 22.3 Å². The molecule has 1 aliphatic heterocycles. The molecule has 5 rings (SSSR count). The quantitative estimate of drug-likeness (QED) is 0.272. The summed E-state index contributed by atoms with van der Waals surface area (Å²) in [5.41, 5.74) is 1.79. The third-order valence-electron chi connectivity index (χ3n) is 5.89. The fraction of sp³-hybridized carbons (Fsp3) is 0.0690. The fourth-order valence-electron chi connectivity index (χ4n) is 4.15. The first-order chi connectivity index (χ1) is 17.5. The summed E-state index contributed by atoms with van der Waals surface area (Å²) in [5.74, 6) is -1.18. The van der Waals surface area contributed by atoms with Gasteiger partial charge in [-0.05, 0) is 47.7 Å². The Hall–Kier alpha value is -4.41. The summed E-state index contributed by atoms with van der Waals surface area (Å²) in [5, 5.41) is 14.4. The van der Waals surface area contributed by atoms with Gasteiger partial charge >= 0.3 is 0 Å². The average molecular weight is 494 g/mol. The van der Waals surface area contributed by atoms with Crippen LogP contribution in [0.2, 0.25) is 0 Å². The zero-order valence-corrected chi connectivity index (χ0v) is 19.8. The lowest BCUT2D eigenvalue weighted by molar-refractivity contribution is -0.117. The molecular formula is C29H20FN3O2S. The number of rotatable bonds is 5. The number of hydrogen-bond donors (Lipinski definition) is 1. The zero-order chi connectivity index (χ0) is 25.1. The standard InChI is InChI=1S/C29H20FN3O2S/c30-21-15-13-19(14-16-21)17-26-28(35)33(22-9-2-1-3-10-22)29(36-26)24(18-31)27(34)32-25-12-6-8-20-7-4-5-11-23(20)25/h1-16,26H,17H2,(H,32,34)/b29-24-. The lowest BCUT2D eigenvalue weighted by atomic mass is 10.1. The Bertz CT molecular complexity index is 1520. The molecule has 1 unspecified atom stereocenters. The van der Waals surface area contributed by atoms with E-state index < -0.39 is 11.2 Å². The van der Waals surface area contributed by atoms with Crippen molar-refractivity contribution in [3.8, 4) is 6.07 Å². The van der Waals surface area contributed by atoms with Gasteiger partial charge in [-0.25, -0.2) is 4.39 Å². The van der Waals surface area contributed by atoms with E-state index in [4.69, 9.17) is 0 Å². The number of anilines is 2.